The van der Waals surface area contributed by atoms with E-state index in [1.54, 1.807) is 48.5 Å². The maximum absolute atomic E-state index is 13.9. The van der Waals surface area contributed by atoms with Crippen LogP contribution in [-0.4, -0.2) is 76.8 Å². The Morgan fingerprint density at radius 2 is 1.80 bits per heavy atom. The molecule has 3 amide bonds. The molecule has 45 heavy (non-hydrogen) atoms. The van der Waals surface area contributed by atoms with Crippen LogP contribution in [0.25, 0.3) is 0 Å². The second kappa shape index (κ2) is 13.8. The minimum Gasteiger partial charge on any atom is -0.448 e. The second-order valence-electron chi connectivity index (χ2n) is 9.66. The summed E-state index contributed by atoms with van der Waals surface area (Å²) in [5.41, 5.74) is -1.20. The highest BCUT2D eigenvalue weighted by atomic mass is 35.5. The first-order valence-corrected chi connectivity index (χ1v) is 14.9. The summed E-state index contributed by atoms with van der Waals surface area (Å²) in [5, 5.41) is 10.9. The fourth-order valence-electron chi connectivity index (χ4n) is 4.64. The van der Waals surface area contributed by atoms with E-state index in [0.717, 1.165) is 11.3 Å². The number of carbonyl (C=O) groups is 5. The molecule has 234 valence electrons. The lowest BCUT2D eigenvalue weighted by Gasteiger charge is -2.34. The molecule has 1 aromatic heterocycles. The van der Waals surface area contributed by atoms with Gasteiger partial charge in [0.05, 0.1) is 6.42 Å². The molecule has 0 bridgehead atoms. The molecule has 0 saturated carbocycles. The minimum absolute atomic E-state index is 0.0464. The summed E-state index contributed by atoms with van der Waals surface area (Å²) in [7, 11) is 1.21. The number of nitrogens with zero attached hydrogens (tertiary/aromatic N) is 3. The molecule has 2 N–H and O–H groups in total. The molecule has 2 atom stereocenters. The van der Waals surface area contributed by atoms with Gasteiger partial charge in [0.1, 0.15) is 31.3 Å². The maximum atomic E-state index is 13.9. The lowest BCUT2D eigenvalue weighted by molar-refractivity contribution is -0.260. The quantitative estimate of drug-likeness (QED) is 0.135. The van der Waals surface area contributed by atoms with Crippen LogP contribution in [0.2, 0.25) is 0 Å². The van der Waals surface area contributed by atoms with Crippen LogP contribution < -0.4 is 10.6 Å². The number of hydrogen-bond donors (Lipinski definition) is 2. The SMILES string of the molecule is CON=C(C(=O)NC1CON(C2(C(=O)OC(c3ccccc3)c3ccccc3)CCC(=O)O2)C1=O)c1csc(NC(=O)CCl)n1. The molecule has 2 unspecified atom stereocenters. The Balaban J connectivity index is 1.35. The standard InChI is InChI=1S/C29H26ClN5O9S/c1-41-34-23(20-16-45-28(32-20)33-21(36)14-30)25(38)31-19-15-42-35(26(19)39)29(13-12-22(37)44-29)27(40)43-24(17-8-4-2-5-9-17)18-10-6-3-7-11-18/h2-11,16,19,24H,12-15H2,1H3,(H,31,38)(H,32,33,36). The van der Waals surface area contributed by atoms with E-state index in [9.17, 15) is 24.0 Å². The fraction of sp³-hybridized carbons (Fsp3) is 0.276. The normalized spacial score (nSPS) is 19.8. The van der Waals surface area contributed by atoms with Gasteiger partial charge >= 0.3 is 17.7 Å². The monoisotopic (exact) mass is 655 g/mol. The number of amides is 3. The molecular formula is C29H26ClN5O9S. The van der Waals surface area contributed by atoms with Gasteiger partial charge in [-0.1, -0.05) is 65.8 Å². The molecule has 14 nitrogen and oxygen atoms in total. The summed E-state index contributed by atoms with van der Waals surface area (Å²) >= 11 is 6.52. The van der Waals surface area contributed by atoms with E-state index in [0.29, 0.717) is 16.2 Å². The summed E-state index contributed by atoms with van der Waals surface area (Å²) in [5.74, 6) is -4.28. The van der Waals surface area contributed by atoms with Crippen molar-refractivity contribution in [1.82, 2.24) is 15.4 Å². The number of nitrogens with one attached hydrogen (secondary N) is 2. The third kappa shape index (κ3) is 6.79. The third-order valence-electron chi connectivity index (χ3n) is 6.71. The Hall–Kier alpha value is -4.86. The zero-order valence-electron chi connectivity index (χ0n) is 23.6. The highest BCUT2D eigenvalue weighted by Gasteiger charge is 2.60. The van der Waals surface area contributed by atoms with Gasteiger partial charge in [-0.3, -0.25) is 24.0 Å². The molecule has 2 aliphatic heterocycles. The number of halogens is 1. The highest BCUT2D eigenvalue weighted by molar-refractivity contribution is 7.14. The average molecular weight is 656 g/mol. The molecule has 2 saturated heterocycles. The zero-order valence-corrected chi connectivity index (χ0v) is 25.2. The molecule has 2 aliphatic rings. The number of hydrogen-bond acceptors (Lipinski definition) is 12. The van der Waals surface area contributed by atoms with E-state index >= 15 is 0 Å². The van der Waals surface area contributed by atoms with Gasteiger partial charge < -0.3 is 24.9 Å². The van der Waals surface area contributed by atoms with Gasteiger partial charge in [-0.25, -0.2) is 9.78 Å². The van der Waals surface area contributed by atoms with Gasteiger partial charge in [0, 0.05) is 11.8 Å². The minimum atomic E-state index is -2.23. The molecule has 2 fully saturated rings. The molecule has 0 aliphatic carbocycles. The first-order chi connectivity index (χ1) is 21.8. The predicted octanol–water partition coefficient (Wildman–Crippen LogP) is 2.30. The first-order valence-electron chi connectivity index (χ1n) is 13.5. The van der Waals surface area contributed by atoms with Crippen LogP contribution in [0.1, 0.15) is 35.8 Å². The molecular weight excluding hydrogens is 630 g/mol. The van der Waals surface area contributed by atoms with Crippen LogP contribution in [0, 0.1) is 0 Å². The molecule has 5 rings (SSSR count). The molecule has 16 heteroatoms. The van der Waals surface area contributed by atoms with Crippen LogP contribution in [-0.2, 0) is 43.1 Å². The van der Waals surface area contributed by atoms with Crippen LogP contribution >= 0.6 is 22.9 Å². The summed E-state index contributed by atoms with van der Waals surface area (Å²) < 4.78 is 11.4. The van der Waals surface area contributed by atoms with Crippen molar-refractivity contribution in [2.75, 3.05) is 24.9 Å². The van der Waals surface area contributed by atoms with E-state index in [1.165, 1.54) is 12.5 Å². The van der Waals surface area contributed by atoms with E-state index in [1.807, 2.05) is 12.1 Å². The van der Waals surface area contributed by atoms with Crippen LogP contribution in [0.4, 0.5) is 5.13 Å². The Labute approximate surface area is 265 Å². The van der Waals surface area contributed by atoms with Gasteiger partial charge in [-0.15, -0.1) is 22.9 Å². The number of benzene rings is 2. The first kappa shape index (κ1) is 31.6. The van der Waals surface area contributed by atoms with E-state index in [2.05, 4.69) is 20.8 Å². The van der Waals surface area contributed by atoms with Crippen molar-refractivity contribution in [3.63, 3.8) is 0 Å². The number of thiazole rings is 1. The molecule has 2 aromatic carbocycles. The van der Waals surface area contributed by atoms with Gasteiger partial charge in [0.15, 0.2) is 16.9 Å². The van der Waals surface area contributed by atoms with E-state index < -0.39 is 54.1 Å². The second-order valence-corrected chi connectivity index (χ2v) is 10.8. The Kier molecular flexibility index (Phi) is 9.71. The summed E-state index contributed by atoms with van der Waals surface area (Å²) in [6, 6.07) is 16.6. The zero-order chi connectivity index (χ0) is 32.0. The van der Waals surface area contributed by atoms with Crippen molar-refractivity contribution in [3.8, 4) is 0 Å². The van der Waals surface area contributed by atoms with E-state index in [4.69, 9.17) is 30.7 Å². The largest absolute Gasteiger partial charge is 0.448 e. The number of oxime groups is 1. The Bertz CT molecular complexity index is 1580. The van der Waals surface area contributed by atoms with Gasteiger partial charge in [0.25, 0.3) is 11.8 Å². The van der Waals surface area contributed by atoms with Crippen molar-refractivity contribution in [1.29, 1.82) is 0 Å². The van der Waals surface area contributed by atoms with Crippen molar-refractivity contribution < 1.29 is 43.1 Å². The molecule has 3 heterocycles. The van der Waals surface area contributed by atoms with E-state index in [-0.39, 0.29) is 35.3 Å². The number of aromatic nitrogens is 1. The number of cyclic esters (lactones) is 1. The van der Waals surface area contributed by atoms with Crippen molar-refractivity contribution in [3.05, 3.63) is 82.9 Å². The van der Waals surface area contributed by atoms with Crippen molar-refractivity contribution >= 4 is 63.4 Å². The molecule has 3 aromatic rings. The van der Waals surface area contributed by atoms with Crippen LogP contribution in [0.15, 0.2) is 71.2 Å². The number of hydroxylamine groups is 2. The Morgan fingerprint density at radius 1 is 1.13 bits per heavy atom. The van der Waals surface area contributed by atoms with Gasteiger partial charge in [-0.2, -0.15) is 5.06 Å². The third-order valence-corrected chi connectivity index (χ3v) is 7.71. The Morgan fingerprint density at radius 3 is 2.38 bits per heavy atom. The van der Waals surface area contributed by atoms with Gasteiger partial charge in [0.2, 0.25) is 5.91 Å². The van der Waals surface area contributed by atoms with Crippen molar-refractivity contribution in [2.45, 2.75) is 30.7 Å². The fourth-order valence-corrected chi connectivity index (χ4v) is 5.42. The number of anilines is 1. The predicted molar refractivity (Wildman–Crippen MR) is 159 cm³/mol. The average Bonchev–Trinajstić information content (AvgIpc) is 3.78. The number of ether oxygens (including phenoxy) is 2. The lowest BCUT2D eigenvalue weighted by Crippen LogP contribution is -2.57. The highest BCUT2D eigenvalue weighted by Crippen LogP contribution is 2.37. The van der Waals surface area contributed by atoms with Crippen LogP contribution in [0.3, 0.4) is 0 Å². The summed E-state index contributed by atoms with van der Waals surface area (Å²) in [6.07, 6.45) is -1.31. The van der Waals surface area contributed by atoms with Gasteiger partial charge in [-0.05, 0) is 11.1 Å². The molecule has 0 spiro atoms. The number of carbonyl (C=O) groups excluding carboxylic acids is 5. The summed E-state index contributed by atoms with van der Waals surface area (Å²) in [6.45, 7) is -0.397. The van der Waals surface area contributed by atoms with Crippen LogP contribution in [0.5, 0.6) is 0 Å². The smallest absolute Gasteiger partial charge is 0.376 e. The summed E-state index contributed by atoms with van der Waals surface area (Å²) in [4.78, 5) is 79.1. The number of rotatable bonds is 11. The molecule has 0 radical (unpaired) electrons. The lowest BCUT2D eigenvalue weighted by atomic mass is 10.0. The number of alkyl halides is 1. The maximum Gasteiger partial charge on any atom is 0.376 e. The van der Waals surface area contributed by atoms with Crippen molar-refractivity contribution in [2.24, 2.45) is 5.16 Å². The topological polar surface area (TPSA) is 175 Å². The number of esters is 2.